The van der Waals surface area contributed by atoms with Crippen LogP contribution in [-0.2, 0) is 4.79 Å². The van der Waals surface area contributed by atoms with E-state index in [0.717, 1.165) is 47.9 Å². The molecule has 2 bridgehead atoms. The minimum absolute atomic E-state index is 0.0609. The van der Waals surface area contributed by atoms with Crippen LogP contribution in [0.25, 0.3) is 0 Å². The Kier molecular flexibility index (Phi) is 5.89. The van der Waals surface area contributed by atoms with Crippen LogP contribution in [0.1, 0.15) is 58.8 Å². The molecule has 4 rings (SSSR count). The number of carbonyl (C=O) groups excluding carboxylic acids is 2. The fourth-order valence-corrected chi connectivity index (χ4v) is 5.74. The Hall–Kier alpha value is -2.66. The quantitative estimate of drug-likeness (QED) is 0.774. The first-order valence-electron chi connectivity index (χ1n) is 11.2. The van der Waals surface area contributed by atoms with Crippen molar-refractivity contribution in [1.29, 1.82) is 0 Å². The Morgan fingerprint density at radius 2 is 1.65 bits per heavy atom. The van der Waals surface area contributed by atoms with Crippen molar-refractivity contribution in [2.45, 2.75) is 57.2 Å². The van der Waals surface area contributed by atoms with Gasteiger partial charge in [0.2, 0.25) is 5.91 Å². The van der Waals surface area contributed by atoms with Crippen LogP contribution in [0.15, 0.2) is 48.5 Å². The number of hydrogen-bond donors (Lipinski definition) is 1. The molecule has 2 aliphatic heterocycles. The van der Waals surface area contributed by atoms with Crippen LogP contribution in [0.4, 0.5) is 0 Å². The lowest BCUT2D eigenvalue weighted by Crippen LogP contribution is -2.55. The van der Waals surface area contributed by atoms with Gasteiger partial charge in [-0.05, 0) is 70.3 Å². The molecule has 0 radical (unpaired) electrons. The molecule has 0 spiro atoms. The molecule has 0 saturated carbocycles. The van der Waals surface area contributed by atoms with Crippen LogP contribution in [0, 0.1) is 13.8 Å². The number of amides is 2. The molecule has 5 nitrogen and oxygen atoms in total. The van der Waals surface area contributed by atoms with Gasteiger partial charge in [0.1, 0.15) is 0 Å². The molecule has 2 fully saturated rings. The van der Waals surface area contributed by atoms with E-state index in [1.165, 1.54) is 0 Å². The Balaban J connectivity index is 1.74. The van der Waals surface area contributed by atoms with E-state index >= 15 is 0 Å². The zero-order valence-electron chi connectivity index (χ0n) is 19.0. The highest BCUT2D eigenvalue weighted by atomic mass is 16.2. The highest BCUT2D eigenvalue weighted by molar-refractivity contribution is 5.97. The van der Waals surface area contributed by atoms with E-state index < -0.39 is 0 Å². The highest BCUT2D eigenvalue weighted by Crippen LogP contribution is 2.52. The largest absolute Gasteiger partial charge is 0.343 e. The molecule has 2 amide bonds. The standard InChI is InChI=1S/C26H33N3O2/c1-18-9-8-10-19(2)23(18)25(31)27-24(20-11-6-5-7-12-20)26-15-13-21(14-16-26)29(26)22(30)17-28(3)4/h5-12,21,24H,13-17H2,1-4H3,(H,27,31). The summed E-state index contributed by atoms with van der Waals surface area (Å²) < 4.78 is 0. The van der Waals surface area contributed by atoms with Crippen LogP contribution < -0.4 is 5.32 Å². The van der Waals surface area contributed by atoms with Crippen LogP contribution in [0.3, 0.4) is 0 Å². The summed E-state index contributed by atoms with van der Waals surface area (Å²) >= 11 is 0. The number of nitrogens with zero attached hydrogens (tertiary/aromatic N) is 2. The molecule has 2 aromatic rings. The number of carbonyl (C=O) groups is 2. The summed E-state index contributed by atoms with van der Waals surface area (Å²) in [6.45, 7) is 4.35. The summed E-state index contributed by atoms with van der Waals surface area (Å²) in [7, 11) is 3.86. The molecule has 2 saturated heterocycles. The van der Waals surface area contributed by atoms with Gasteiger partial charge >= 0.3 is 0 Å². The second-order valence-electron chi connectivity index (χ2n) is 9.42. The molecule has 2 aliphatic rings. The van der Waals surface area contributed by atoms with Gasteiger partial charge in [-0.3, -0.25) is 9.59 Å². The molecular weight excluding hydrogens is 386 g/mol. The normalized spacial score (nSPS) is 23.3. The van der Waals surface area contributed by atoms with E-state index in [9.17, 15) is 9.59 Å². The SMILES string of the molecule is Cc1cccc(C)c1C(=O)NC(c1ccccc1)C12CCC(CC1)N2C(=O)CN(C)C. The van der Waals surface area contributed by atoms with Gasteiger partial charge in [-0.2, -0.15) is 0 Å². The van der Waals surface area contributed by atoms with Gasteiger partial charge in [0.05, 0.1) is 18.1 Å². The predicted octanol–water partition coefficient (Wildman–Crippen LogP) is 3.86. The highest BCUT2D eigenvalue weighted by Gasteiger charge is 2.58. The van der Waals surface area contributed by atoms with E-state index in [-0.39, 0.29) is 29.4 Å². The first-order chi connectivity index (χ1) is 14.8. The maximum absolute atomic E-state index is 13.5. The van der Waals surface area contributed by atoms with Gasteiger partial charge in [0, 0.05) is 11.6 Å². The third-order valence-corrected chi connectivity index (χ3v) is 7.04. The second-order valence-corrected chi connectivity index (χ2v) is 9.42. The molecule has 1 N–H and O–H groups in total. The van der Waals surface area contributed by atoms with Gasteiger partial charge in [0.15, 0.2) is 0 Å². The molecule has 1 unspecified atom stereocenters. The molecular formula is C26H33N3O2. The minimum atomic E-state index is -0.370. The third-order valence-electron chi connectivity index (χ3n) is 7.04. The number of likely N-dealkylation sites (N-methyl/N-ethyl adjacent to an activating group) is 1. The van der Waals surface area contributed by atoms with Crippen LogP contribution in [0.2, 0.25) is 0 Å². The smallest absolute Gasteiger partial charge is 0.252 e. The third kappa shape index (κ3) is 3.87. The van der Waals surface area contributed by atoms with Crippen molar-refractivity contribution in [3.8, 4) is 0 Å². The first kappa shape index (κ1) is 21.6. The summed E-state index contributed by atoms with van der Waals surface area (Å²) in [6.07, 6.45) is 3.84. The van der Waals surface area contributed by atoms with E-state index in [2.05, 4.69) is 22.3 Å². The number of fused-ring (bicyclic) bond motifs is 2. The lowest BCUT2D eigenvalue weighted by molar-refractivity contribution is -0.137. The second kappa shape index (κ2) is 8.46. The number of rotatable bonds is 6. The Morgan fingerprint density at radius 1 is 1.03 bits per heavy atom. The van der Waals surface area contributed by atoms with E-state index in [0.29, 0.717) is 6.54 Å². The minimum Gasteiger partial charge on any atom is -0.343 e. The van der Waals surface area contributed by atoms with E-state index in [1.807, 2.05) is 69.2 Å². The van der Waals surface area contributed by atoms with Crippen molar-refractivity contribution in [1.82, 2.24) is 15.1 Å². The summed E-state index contributed by atoms with van der Waals surface area (Å²) in [6, 6.07) is 16.1. The maximum Gasteiger partial charge on any atom is 0.252 e. The molecule has 0 aliphatic carbocycles. The van der Waals surface area contributed by atoms with Crippen molar-refractivity contribution in [3.63, 3.8) is 0 Å². The van der Waals surface area contributed by atoms with Crippen molar-refractivity contribution in [3.05, 3.63) is 70.8 Å². The lowest BCUT2D eigenvalue weighted by Gasteiger charge is -2.42. The van der Waals surface area contributed by atoms with E-state index in [4.69, 9.17) is 0 Å². The van der Waals surface area contributed by atoms with E-state index in [1.54, 1.807) is 0 Å². The fraction of sp³-hybridized carbons (Fsp3) is 0.462. The monoisotopic (exact) mass is 419 g/mol. The zero-order valence-corrected chi connectivity index (χ0v) is 19.0. The lowest BCUT2D eigenvalue weighted by atomic mass is 9.78. The van der Waals surface area contributed by atoms with Gasteiger partial charge in [-0.25, -0.2) is 0 Å². The molecule has 5 heteroatoms. The average Bonchev–Trinajstić information content (AvgIpc) is 3.28. The molecule has 2 heterocycles. The fourth-order valence-electron chi connectivity index (χ4n) is 5.74. The van der Waals surface area contributed by atoms with Gasteiger partial charge in [0.25, 0.3) is 5.91 Å². The predicted molar refractivity (Wildman–Crippen MR) is 123 cm³/mol. The summed E-state index contributed by atoms with van der Waals surface area (Å²) in [5.74, 6) is 0.0986. The Bertz CT molecular complexity index is 942. The summed E-state index contributed by atoms with van der Waals surface area (Å²) in [4.78, 5) is 30.9. The molecule has 2 aromatic carbocycles. The van der Waals surface area contributed by atoms with Crippen molar-refractivity contribution < 1.29 is 9.59 Å². The van der Waals surface area contributed by atoms with Crippen molar-refractivity contribution in [2.24, 2.45) is 0 Å². The van der Waals surface area contributed by atoms with Crippen molar-refractivity contribution >= 4 is 11.8 Å². The first-order valence-corrected chi connectivity index (χ1v) is 11.2. The molecule has 31 heavy (non-hydrogen) atoms. The van der Waals surface area contributed by atoms with Crippen LogP contribution in [-0.4, -0.2) is 53.8 Å². The molecule has 164 valence electrons. The summed E-state index contributed by atoms with van der Waals surface area (Å²) in [5.41, 5.74) is 3.37. The van der Waals surface area contributed by atoms with Gasteiger partial charge in [-0.1, -0.05) is 48.5 Å². The summed E-state index contributed by atoms with van der Waals surface area (Å²) in [5, 5.41) is 3.38. The zero-order chi connectivity index (χ0) is 22.2. The van der Waals surface area contributed by atoms with Gasteiger partial charge in [-0.15, -0.1) is 0 Å². The van der Waals surface area contributed by atoms with Crippen LogP contribution in [0.5, 0.6) is 0 Å². The Labute approximate surface area is 185 Å². The number of aryl methyl sites for hydroxylation is 2. The average molecular weight is 420 g/mol. The number of nitrogens with one attached hydrogen (secondary N) is 1. The number of benzene rings is 2. The van der Waals surface area contributed by atoms with Gasteiger partial charge < -0.3 is 15.1 Å². The van der Waals surface area contributed by atoms with Crippen LogP contribution >= 0.6 is 0 Å². The molecule has 0 aromatic heterocycles. The topological polar surface area (TPSA) is 52.7 Å². The maximum atomic E-state index is 13.5. The van der Waals surface area contributed by atoms with Crippen molar-refractivity contribution in [2.75, 3.05) is 20.6 Å². The molecule has 1 atom stereocenters. The number of hydrogen-bond acceptors (Lipinski definition) is 3. The Morgan fingerprint density at radius 3 is 2.23 bits per heavy atom.